The fourth-order valence-electron chi connectivity index (χ4n) is 3.43. The molecular formula is C19H21N3O5. The van der Waals surface area contributed by atoms with Crippen LogP contribution >= 0.6 is 0 Å². The molecule has 2 aliphatic heterocycles. The van der Waals surface area contributed by atoms with Crippen molar-refractivity contribution in [1.29, 1.82) is 0 Å². The molecule has 1 atom stereocenters. The lowest BCUT2D eigenvalue weighted by Crippen LogP contribution is -2.61. The summed E-state index contributed by atoms with van der Waals surface area (Å²) in [4.78, 5) is 32.6. The molecule has 1 spiro atoms. The maximum absolute atomic E-state index is 12.8. The number of furan rings is 1. The molecule has 27 heavy (non-hydrogen) atoms. The molecule has 0 bridgehead atoms. The zero-order chi connectivity index (χ0) is 18.9. The molecule has 0 aromatic carbocycles. The van der Waals surface area contributed by atoms with Crippen LogP contribution in [-0.4, -0.2) is 66.8 Å². The van der Waals surface area contributed by atoms with Crippen molar-refractivity contribution in [1.82, 2.24) is 9.88 Å². The van der Waals surface area contributed by atoms with Crippen LogP contribution in [-0.2, 0) is 14.3 Å². The zero-order valence-corrected chi connectivity index (χ0v) is 15.1. The van der Waals surface area contributed by atoms with Gasteiger partial charge in [-0.05, 0) is 31.2 Å². The Kier molecular flexibility index (Phi) is 4.67. The predicted octanol–water partition coefficient (Wildman–Crippen LogP) is 1.26. The van der Waals surface area contributed by atoms with Crippen molar-refractivity contribution in [2.45, 2.75) is 12.5 Å². The number of aromatic nitrogens is 1. The number of anilines is 1. The van der Waals surface area contributed by atoms with Crippen LogP contribution in [0.15, 0.2) is 41.1 Å². The number of hydrogen-bond donors (Lipinski definition) is 0. The highest BCUT2D eigenvalue weighted by Crippen LogP contribution is 2.27. The molecule has 1 unspecified atom stereocenters. The van der Waals surface area contributed by atoms with Gasteiger partial charge in [0.2, 0.25) is 0 Å². The lowest BCUT2D eigenvalue weighted by Gasteiger charge is -2.42. The summed E-state index contributed by atoms with van der Waals surface area (Å²) in [5.74, 6) is 0.626. The van der Waals surface area contributed by atoms with E-state index in [1.54, 1.807) is 47.3 Å². The topological polar surface area (TPSA) is 85.1 Å². The summed E-state index contributed by atoms with van der Waals surface area (Å²) in [5.41, 5.74) is -0.0914. The third-order valence-corrected chi connectivity index (χ3v) is 4.79. The minimum Gasteiger partial charge on any atom is -0.456 e. The number of pyridine rings is 1. The Hall–Kier alpha value is -2.71. The van der Waals surface area contributed by atoms with E-state index in [0.29, 0.717) is 50.1 Å². The number of carbonyl (C=O) groups is 2. The van der Waals surface area contributed by atoms with Gasteiger partial charge in [0.1, 0.15) is 18.0 Å². The number of morpholine rings is 1. The Balaban J connectivity index is 1.57. The van der Waals surface area contributed by atoms with Crippen molar-refractivity contribution in [3.05, 3.63) is 48.2 Å². The monoisotopic (exact) mass is 371 g/mol. The van der Waals surface area contributed by atoms with Crippen molar-refractivity contribution in [2.75, 3.05) is 44.4 Å². The summed E-state index contributed by atoms with van der Waals surface area (Å²) in [6, 6.07) is 7.04. The average Bonchev–Trinajstić information content (AvgIpc) is 3.02. The Bertz CT molecular complexity index is 837. The summed E-state index contributed by atoms with van der Waals surface area (Å²) < 4.78 is 17.1. The molecule has 0 radical (unpaired) electrons. The van der Waals surface area contributed by atoms with Crippen LogP contribution in [0.1, 0.15) is 16.3 Å². The molecule has 4 rings (SSSR count). The number of carbonyl (C=O) groups excluding carboxylic acids is 2. The molecule has 0 saturated carbocycles. The quantitative estimate of drug-likeness (QED) is 0.790. The number of hydrogen-bond acceptors (Lipinski definition) is 6. The van der Waals surface area contributed by atoms with Crippen molar-refractivity contribution < 1.29 is 23.5 Å². The van der Waals surface area contributed by atoms with Crippen LogP contribution in [0.25, 0.3) is 0 Å². The van der Waals surface area contributed by atoms with Crippen molar-refractivity contribution >= 4 is 17.5 Å². The van der Waals surface area contributed by atoms with E-state index in [1.807, 2.05) is 6.07 Å². The second kappa shape index (κ2) is 7.13. The highest BCUT2D eigenvalue weighted by Gasteiger charge is 2.44. The van der Waals surface area contributed by atoms with Gasteiger partial charge in [-0.25, -0.2) is 0 Å². The maximum Gasteiger partial charge on any atom is 0.289 e. The Morgan fingerprint density at radius 2 is 2.15 bits per heavy atom. The van der Waals surface area contributed by atoms with Gasteiger partial charge in [0.15, 0.2) is 5.76 Å². The summed E-state index contributed by atoms with van der Waals surface area (Å²) >= 11 is 0. The van der Waals surface area contributed by atoms with Gasteiger partial charge < -0.3 is 23.7 Å². The highest BCUT2D eigenvalue weighted by atomic mass is 16.6. The minimum absolute atomic E-state index is 0.0693. The van der Waals surface area contributed by atoms with Gasteiger partial charge in [-0.1, -0.05) is 0 Å². The SMILES string of the molecule is Cc1ccc(C(=O)N2CCOCC3(C2)CN(c2cccnc2)C(=O)CO3)o1. The molecule has 2 aromatic rings. The van der Waals surface area contributed by atoms with E-state index >= 15 is 0 Å². The minimum atomic E-state index is -0.794. The summed E-state index contributed by atoms with van der Waals surface area (Å²) in [6.45, 7) is 3.47. The molecule has 8 nitrogen and oxygen atoms in total. The van der Waals surface area contributed by atoms with E-state index in [2.05, 4.69) is 4.98 Å². The van der Waals surface area contributed by atoms with Gasteiger partial charge in [-0.15, -0.1) is 0 Å². The smallest absolute Gasteiger partial charge is 0.289 e. The maximum atomic E-state index is 12.8. The van der Waals surface area contributed by atoms with Crippen LogP contribution in [0, 0.1) is 6.92 Å². The first-order valence-electron chi connectivity index (χ1n) is 8.84. The molecular weight excluding hydrogens is 350 g/mol. The van der Waals surface area contributed by atoms with E-state index < -0.39 is 5.60 Å². The summed E-state index contributed by atoms with van der Waals surface area (Å²) in [7, 11) is 0. The molecule has 2 aliphatic rings. The van der Waals surface area contributed by atoms with Crippen LogP contribution in [0.3, 0.4) is 0 Å². The van der Waals surface area contributed by atoms with Gasteiger partial charge in [0.05, 0.1) is 38.2 Å². The molecule has 2 fully saturated rings. The van der Waals surface area contributed by atoms with E-state index in [4.69, 9.17) is 13.9 Å². The molecule has 142 valence electrons. The van der Waals surface area contributed by atoms with Gasteiger partial charge >= 0.3 is 0 Å². The van der Waals surface area contributed by atoms with E-state index in [-0.39, 0.29) is 18.4 Å². The van der Waals surface area contributed by atoms with Crippen LogP contribution in [0.4, 0.5) is 5.69 Å². The van der Waals surface area contributed by atoms with Gasteiger partial charge in [0, 0.05) is 12.7 Å². The lowest BCUT2D eigenvalue weighted by atomic mass is 10.0. The normalized spacial score (nSPS) is 23.5. The number of ether oxygens (including phenoxy) is 2. The summed E-state index contributed by atoms with van der Waals surface area (Å²) in [5, 5.41) is 0. The van der Waals surface area contributed by atoms with Gasteiger partial charge in [-0.3, -0.25) is 14.6 Å². The van der Waals surface area contributed by atoms with Crippen molar-refractivity contribution in [3.63, 3.8) is 0 Å². The van der Waals surface area contributed by atoms with Crippen molar-refractivity contribution in [2.24, 2.45) is 0 Å². The van der Waals surface area contributed by atoms with E-state index in [0.717, 1.165) is 0 Å². The Morgan fingerprint density at radius 3 is 2.89 bits per heavy atom. The van der Waals surface area contributed by atoms with Gasteiger partial charge in [-0.2, -0.15) is 0 Å². The predicted molar refractivity (Wildman–Crippen MR) is 95.4 cm³/mol. The zero-order valence-electron chi connectivity index (χ0n) is 15.1. The number of amides is 2. The first-order chi connectivity index (χ1) is 13.1. The highest BCUT2D eigenvalue weighted by molar-refractivity contribution is 5.95. The molecule has 4 heterocycles. The third-order valence-electron chi connectivity index (χ3n) is 4.79. The molecule has 2 saturated heterocycles. The molecule has 8 heteroatoms. The van der Waals surface area contributed by atoms with Crippen molar-refractivity contribution in [3.8, 4) is 0 Å². The van der Waals surface area contributed by atoms with E-state index in [1.165, 1.54) is 0 Å². The third kappa shape index (κ3) is 3.58. The Morgan fingerprint density at radius 1 is 1.26 bits per heavy atom. The fraction of sp³-hybridized carbons (Fsp3) is 0.421. The summed E-state index contributed by atoms with van der Waals surface area (Å²) in [6.07, 6.45) is 3.30. The molecule has 2 amide bonds. The molecule has 2 aromatic heterocycles. The lowest BCUT2D eigenvalue weighted by molar-refractivity contribution is -0.145. The fourth-order valence-corrected chi connectivity index (χ4v) is 3.43. The first-order valence-corrected chi connectivity index (χ1v) is 8.84. The van der Waals surface area contributed by atoms with Crippen LogP contribution in [0.2, 0.25) is 0 Å². The second-order valence-corrected chi connectivity index (χ2v) is 6.85. The second-order valence-electron chi connectivity index (χ2n) is 6.85. The number of nitrogens with zero attached hydrogens (tertiary/aromatic N) is 3. The largest absolute Gasteiger partial charge is 0.456 e. The molecule has 0 N–H and O–H groups in total. The molecule has 0 aliphatic carbocycles. The average molecular weight is 371 g/mol. The standard InChI is InChI=1S/C19H21N3O5/c1-14-4-5-16(27-14)18(24)21-7-8-25-13-19(11-21)12-22(17(23)10-26-19)15-3-2-6-20-9-15/h2-6,9H,7-8,10-13H2,1H3. The van der Waals surface area contributed by atoms with E-state index in [9.17, 15) is 9.59 Å². The Labute approximate surface area is 156 Å². The number of aryl methyl sites for hydroxylation is 1. The number of rotatable bonds is 2. The van der Waals surface area contributed by atoms with Crippen LogP contribution < -0.4 is 4.90 Å². The first kappa shape index (κ1) is 17.7. The van der Waals surface area contributed by atoms with Gasteiger partial charge in [0.25, 0.3) is 11.8 Å². The van der Waals surface area contributed by atoms with Crippen LogP contribution in [0.5, 0.6) is 0 Å².